The molecule has 0 N–H and O–H groups in total. The topological polar surface area (TPSA) is 71.5 Å². The molecule has 0 aliphatic carbocycles. The molecule has 3 aromatic rings. The van der Waals surface area contributed by atoms with Crippen LogP contribution in [0, 0.1) is 0 Å². The Bertz CT molecular complexity index is 1180. The van der Waals surface area contributed by atoms with Gasteiger partial charge in [0.25, 0.3) is 0 Å². The van der Waals surface area contributed by atoms with Gasteiger partial charge in [0.2, 0.25) is 19.9 Å². The minimum absolute atomic E-state index is 0.0129. The standard InChI is InChI=1S/C23H25NO4S2/c1-2-17-24(18-16-20-10-5-3-6-11-20)30(27,28)23-15-9-14-22(19-23)29(25,26)21-12-7-4-8-13-21/h3-15,19H,2,16-18H2,1H3. The van der Waals surface area contributed by atoms with Crippen molar-refractivity contribution in [2.45, 2.75) is 34.5 Å². The molecule has 158 valence electrons. The van der Waals surface area contributed by atoms with E-state index in [1.54, 1.807) is 18.2 Å². The average Bonchev–Trinajstić information content (AvgIpc) is 2.78. The van der Waals surface area contributed by atoms with Gasteiger partial charge in [-0.15, -0.1) is 0 Å². The van der Waals surface area contributed by atoms with E-state index in [1.165, 1.54) is 40.7 Å². The molecule has 0 aliphatic rings. The van der Waals surface area contributed by atoms with Crippen molar-refractivity contribution in [3.63, 3.8) is 0 Å². The van der Waals surface area contributed by atoms with Crippen LogP contribution >= 0.6 is 0 Å². The highest BCUT2D eigenvalue weighted by Crippen LogP contribution is 2.25. The molecular formula is C23H25NO4S2. The van der Waals surface area contributed by atoms with E-state index in [1.807, 2.05) is 37.3 Å². The van der Waals surface area contributed by atoms with Crippen LogP contribution in [0.5, 0.6) is 0 Å². The van der Waals surface area contributed by atoms with Crippen molar-refractivity contribution < 1.29 is 16.8 Å². The molecule has 0 bridgehead atoms. The predicted molar refractivity (Wildman–Crippen MR) is 118 cm³/mol. The number of hydrogen-bond acceptors (Lipinski definition) is 4. The second-order valence-corrected chi connectivity index (χ2v) is 10.8. The molecule has 0 aliphatic heterocycles. The second-order valence-electron chi connectivity index (χ2n) is 6.93. The first-order chi connectivity index (χ1) is 14.4. The van der Waals surface area contributed by atoms with Crippen molar-refractivity contribution in [3.05, 3.63) is 90.5 Å². The van der Waals surface area contributed by atoms with Crippen LogP contribution in [0.2, 0.25) is 0 Å². The van der Waals surface area contributed by atoms with Gasteiger partial charge in [-0.25, -0.2) is 16.8 Å². The number of sulfone groups is 1. The first kappa shape index (κ1) is 22.2. The number of hydrogen-bond donors (Lipinski definition) is 0. The van der Waals surface area contributed by atoms with Gasteiger partial charge in [-0.2, -0.15) is 4.31 Å². The normalized spacial score (nSPS) is 12.2. The summed E-state index contributed by atoms with van der Waals surface area (Å²) < 4.78 is 53.8. The molecule has 0 radical (unpaired) electrons. The van der Waals surface area contributed by atoms with Gasteiger partial charge in [0.15, 0.2) is 0 Å². The summed E-state index contributed by atoms with van der Waals surface area (Å²) >= 11 is 0. The second kappa shape index (κ2) is 9.55. The Morgan fingerprint density at radius 2 is 1.23 bits per heavy atom. The van der Waals surface area contributed by atoms with Gasteiger partial charge in [-0.1, -0.05) is 61.5 Å². The van der Waals surface area contributed by atoms with E-state index < -0.39 is 19.9 Å². The van der Waals surface area contributed by atoms with Crippen LogP contribution in [0.4, 0.5) is 0 Å². The highest BCUT2D eigenvalue weighted by Gasteiger charge is 2.26. The van der Waals surface area contributed by atoms with Crippen LogP contribution in [-0.4, -0.2) is 34.2 Å². The molecule has 0 unspecified atom stereocenters. The Hall–Kier alpha value is -2.48. The lowest BCUT2D eigenvalue weighted by molar-refractivity contribution is 0.413. The summed E-state index contributed by atoms with van der Waals surface area (Å²) in [6, 6.07) is 23.3. The van der Waals surface area contributed by atoms with Gasteiger partial charge in [0.05, 0.1) is 14.7 Å². The molecular weight excluding hydrogens is 418 g/mol. The van der Waals surface area contributed by atoms with E-state index in [4.69, 9.17) is 0 Å². The summed E-state index contributed by atoms with van der Waals surface area (Å²) in [7, 11) is -7.63. The SMILES string of the molecule is CCCN(CCc1ccccc1)S(=O)(=O)c1cccc(S(=O)(=O)c2ccccc2)c1. The maximum atomic E-state index is 13.3. The summed E-state index contributed by atoms with van der Waals surface area (Å²) in [5.41, 5.74) is 1.05. The fourth-order valence-electron chi connectivity index (χ4n) is 3.19. The van der Waals surface area contributed by atoms with Gasteiger partial charge in [-0.05, 0) is 48.7 Å². The Balaban J connectivity index is 1.91. The van der Waals surface area contributed by atoms with Crippen LogP contribution in [0.15, 0.2) is 99.6 Å². The summed E-state index contributed by atoms with van der Waals surface area (Å²) in [4.78, 5) is 0.0874. The molecule has 0 atom stereocenters. The van der Waals surface area contributed by atoms with E-state index >= 15 is 0 Å². The largest absolute Gasteiger partial charge is 0.243 e. The highest BCUT2D eigenvalue weighted by atomic mass is 32.2. The monoisotopic (exact) mass is 443 g/mol. The Kier molecular flexibility index (Phi) is 7.07. The molecule has 3 aromatic carbocycles. The molecule has 3 rings (SSSR count). The van der Waals surface area contributed by atoms with Crippen molar-refractivity contribution >= 4 is 19.9 Å². The van der Waals surface area contributed by atoms with Gasteiger partial charge in [0, 0.05) is 13.1 Å². The Morgan fingerprint density at radius 1 is 0.667 bits per heavy atom. The van der Waals surface area contributed by atoms with E-state index in [0.717, 1.165) is 5.56 Å². The number of nitrogens with zero attached hydrogens (tertiary/aromatic N) is 1. The van der Waals surface area contributed by atoms with E-state index in [-0.39, 0.29) is 14.7 Å². The maximum Gasteiger partial charge on any atom is 0.243 e. The minimum atomic E-state index is -3.83. The van der Waals surface area contributed by atoms with E-state index in [2.05, 4.69) is 0 Å². The lowest BCUT2D eigenvalue weighted by atomic mass is 10.1. The molecule has 0 saturated heterocycles. The van der Waals surface area contributed by atoms with Crippen molar-refractivity contribution in [2.24, 2.45) is 0 Å². The van der Waals surface area contributed by atoms with Gasteiger partial charge >= 0.3 is 0 Å². The minimum Gasteiger partial charge on any atom is -0.219 e. The number of benzene rings is 3. The van der Waals surface area contributed by atoms with Crippen molar-refractivity contribution in [1.29, 1.82) is 0 Å². The van der Waals surface area contributed by atoms with Crippen LogP contribution in [-0.2, 0) is 26.3 Å². The third-order valence-corrected chi connectivity index (χ3v) is 8.43. The summed E-state index contributed by atoms with van der Waals surface area (Å²) in [6.45, 7) is 2.61. The van der Waals surface area contributed by atoms with Crippen molar-refractivity contribution in [2.75, 3.05) is 13.1 Å². The molecule has 5 nitrogen and oxygen atoms in total. The lowest BCUT2D eigenvalue weighted by Crippen LogP contribution is -2.33. The number of sulfonamides is 1. The third-order valence-electron chi connectivity index (χ3n) is 4.77. The first-order valence-electron chi connectivity index (χ1n) is 9.80. The molecule has 0 saturated carbocycles. The smallest absolute Gasteiger partial charge is 0.219 e. The van der Waals surface area contributed by atoms with Crippen molar-refractivity contribution in [1.82, 2.24) is 4.31 Å². The molecule has 0 aromatic heterocycles. The number of rotatable bonds is 9. The molecule has 7 heteroatoms. The molecule has 0 heterocycles. The van der Waals surface area contributed by atoms with Crippen molar-refractivity contribution in [3.8, 4) is 0 Å². The highest BCUT2D eigenvalue weighted by molar-refractivity contribution is 7.91. The summed E-state index contributed by atoms with van der Waals surface area (Å²) in [6.07, 6.45) is 1.25. The Morgan fingerprint density at radius 3 is 1.87 bits per heavy atom. The van der Waals surface area contributed by atoms with Crippen LogP contribution in [0.3, 0.4) is 0 Å². The summed E-state index contributed by atoms with van der Waals surface area (Å²) in [5.74, 6) is 0. The molecule has 30 heavy (non-hydrogen) atoms. The van der Waals surface area contributed by atoms with Gasteiger partial charge in [0.1, 0.15) is 0 Å². The fraction of sp³-hybridized carbons (Fsp3) is 0.217. The van der Waals surface area contributed by atoms with E-state index in [9.17, 15) is 16.8 Å². The van der Waals surface area contributed by atoms with Crippen LogP contribution < -0.4 is 0 Å². The molecule has 0 spiro atoms. The van der Waals surface area contributed by atoms with Crippen LogP contribution in [0.25, 0.3) is 0 Å². The average molecular weight is 444 g/mol. The zero-order chi connectivity index (χ0) is 21.6. The zero-order valence-electron chi connectivity index (χ0n) is 16.8. The summed E-state index contributed by atoms with van der Waals surface area (Å²) in [5, 5.41) is 0. The fourth-order valence-corrected chi connectivity index (χ4v) is 6.17. The van der Waals surface area contributed by atoms with Crippen LogP contribution in [0.1, 0.15) is 18.9 Å². The lowest BCUT2D eigenvalue weighted by Gasteiger charge is -2.22. The first-order valence-corrected chi connectivity index (χ1v) is 12.7. The Labute approximate surface area is 179 Å². The van der Waals surface area contributed by atoms with E-state index in [0.29, 0.717) is 25.9 Å². The zero-order valence-corrected chi connectivity index (χ0v) is 18.4. The maximum absolute atomic E-state index is 13.3. The molecule has 0 amide bonds. The predicted octanol–water partition coefficient (Wildman–Crippen LogP) is 4.16. The third kappa shape index (κ3) is 4.98. The van der Waals surface area contributed by atoms with Gasteiger partial charge in [-0.3, -0.25) is 0 Å². The quantitative estimate of drug-likeness (QED) is 0.498. The van der Waals surface area contributed by atoms with Gasteiger partial charge < -0.3 is 0 Å². The molecule has 0 fully saturated rings.